The van der Waals surface area contributed by atoms with Crippen molar-refractivity contribution >= 4 is 34.7 Å². The Morgan fingerprint density at radius 2 is 2.10 bits per heavy atom. The number of carbonyl (C=O) groups excluding carboxylic acids is 1. The molecule has 1 fully saturated rings. The minimum atomic E-state index is -0.913. The molecule has 1 aliphatic rings. The summed E-state index contributed by atoms with van der Waals surface area (Å²) in [5.41, 5.74) is -1.25. The van der Waals surface area contributed by atoms with Crippen LogP contribution in [0.3, 0.4) is 0 Å². The second-order valence-electron chi connectivity index (χ2n) is 6.23. The van der Waals surface area contributed by atoms with E-state index in [1.165, 1.54) is 4.90 Å². The summed E-state index contributed by atoms with van der Waals surface area (Å²) in [5.74, 6) is -0.913. The van der Waals surface area contributed by atoms with Gasteiger partial charge in [0.15, 0.2) is 0 Å². The van der Waals surface area contributed by atoms with Gasteiger partial charge in [-0.2, -0.15) is 5.10 Å². The van der Waals surface area contributed by atoms with Gasteiger partial charge in [-0.3, -0.25) is 9.48 Å². The number of likely N-dealkylation sites (tertiary alicyclic amines) is 1. The summed E-state index contributed by atoms with van der Waals surface area (Å²) in [5, 5.41) is 13.3. The van der Waals surface area contributed by atoms with Crippen molar-refractivity contribution in [3.63, 3.8) is 0 Å². The summed E-state index contributed by atoms with van der Waals surface area (Å²) in [7, 11) is 0. The van der Waals surface area contributed by atoms with E-state index in [9.17, 15) is 9.59 Å². The van der Waals surface area contributed by atoms with Gasteiger partial charge >= 0.3 is 12.1 Å². The molecule has 1 saturated heterocycles. The Morgan fingerprint density at radius 1 is 1.48 bits per heavy atom. The first kappa shape index (κ1) is 16.1. The molecular formula is C13H18IN3O4. The zero-order valence-electron chi connectivity index (χ0n) is 12.2. The highest BCUT2D eigenvalue weighted by atomic mass is 127. The maximum absolute atomic E-state index is 12.0. The minimum absolute atomic E-state index is 0.0793. The highest BCUT2D eigenvalue weighted by Crippen LogP contribution is 2.33. The van der Waals surface area contributed by atoms with Gasteiger partial charge in [0.1, 0.15) is 11.1 Å². The number of hydrogen-bond acceptors (Lipinski definition) is 4. The Bertz CT molecular complexity index is 558. The molecule has 7 nitrogen and oxygen atoms in total. The van der Waals surface area contributed by atoms with Crippen molar-refractivity contribution in [3.05, 3.63) is 16.0 Å². The third-order valence-corrected chi connectivity index (χ3v) is 3.70. The Balaban J connectivity index is 2.10. The van der Waals surface area contributed by atoms with Crippen LogP contribution in [0.5, 0.6) is 0 Å². The van der Waals surface area contributed by atoms with Crippen molar-refractivity contribution in [1.29, 1.82) is 0 Å². The summed E-state index contributed by atoms with van der Waals surface area (Å²) in [6.07, 6.45) is 2.95. The fourth-order valence-electron chi connectivity index (χ4n) is 2.30. The van der Waals surface area contributed by atoms with E-state index < -0.39 is 23.2 Å². The third kappa shape index (κ3) is 3.66. The van der Waals surface area contributed by atoms with E-state index in [2.05, 4.69) is 27.7 Å². The molecule has 0 aromatic carbocycles. The van der Waals surface area contributed by atoms with Gasteiger partial charge in [-0.05, 0) is 43.4 Å². The summed E-state index contributed by atoms with van der Waals surface area (Å²) in [6, 6.07) is 0. The topological polar surface area (TPSA) is 84.7 Å². The van der Waals surface area contributed by atoms with Gasteiger partial charge in [-0.25, -0.2) is 4.79 Å². The molecule has 1 aromatic heterocycles. The van der Waals surface area contributed by atoms with Gasteiger partial charge in [0.05, 0.1) is 29.3 Å². The van der Waals surface area contributed by atoms with Crippen LogP contribution in [0.4, 0.5) is 4.79 Å². The predicted molar refractivity (Wildman–Crippen MR) is 83.0 cm³/mol. The summed E-state index contributed by atoms with van der Waals surface area (Å²) in [4.78, 5) is 24.6. The second kappa shape index (κ2) is 5.47. The molecule has 1 amide bonds. The molecule has 0 atom stereocenters. The quantitative estimate of drug-likeness (QED) is 0.774. The number of carbonyl (C=O) groups is 2. The van der Waals surface area contributed by atoms with Gasteiger partial charge in [0, 0.05) is 6.20 Å². The van der Waals surface area contributed by atoms with Crippen molar-refractivity contribution in [2.75, 3.05) is 13.1 Å². The molecule has 0 saturated carbocycles. The SMILES string of the molecule is CC(C)(C)OC(=O)N1CC(CC(=O)O)(n2cc(I)cn2)C1. The normalized spacial score (nSPS) is 17.2. The van der Waals surface area contributed by atoms with Crippen LogP contribution in [-0.4, -0.2) is 50.5 Å². The van der Waals surface area contributed by atoms with Crippen molar-refractivity contribution in [2.45, 2.75) is 38.3 Å². The van der Waals surface area contributed by atoms with Crippen LogP contribution in [0.25, 0.3) is 0 Å². The molecule has 1 N–H and O–H groups in total. The lowest BCUT2D eigenvalue weighted by atomic mass is 9.86. The number of aromatic nitrogens is 2. The zero-order valence-corrected chi connectivity index (χ0v) is 14.3. The van der Waals surface area contributed by atoms with E-state index in [1.54, 1.807) is 37.8 Å². The van der Waals surface area contributed by atoms with Crippen molar-refractivity contribution < 1.29 is 19.4 Å². The first-order chi connectivity index (χ1) is 9.61. The zero-order chi connectivity index (χ0) is 15.8. The van der Waals surface area contributed by atoms with E-state index in [0.29, 0.717) is 0 Å². The molecule has 1 aliphatic heterocycles. The first-order valence-corrected chi connectivity index (χ1v) is 7.60. The summed E-state index contributed by atoms with van der Waals surface area (Å²) >= 11 is 2.12. The van der Waals surface area contributed by atoms with E-state index >= 15 is 0 Å². The Morgan fingerprint density at radius 3 is 2.52 bits per heavy atom. The molecule has 0 aliphatic carbocycles. The van der Waals surface area contributed by atoms with E-state index in [1.807, 2.05) is 0 Å². The van der Waals surface area contributed by atoms with Gasteiger partial charge in [0.25, 0.3) is 0 Å². The standard InChI is InChI=1S/C13H18IN3O4/c1-12(2,3)21-11(20)16-7-13(8-16,4-10(18)19)17-6-9(14)5-15-17/h5-6H,4,7-8H2,1-3H3,(H,18,19). The smallest absolute Gasteiger partial charge is 0.410 e. The number of carboxylic acid groups (broad SMARTS) is 1. The number of ether oxygens (including phenoxy) is 1. The van der Waals surface area contributed by atoms with Crippen LogP contribution in [0, 0.1) is 3.57 Å². The molecule has 8 heteroatoms. The lowest BCUT2D eigenvalue weighted by Crippen LogP contribution is -2.65. The lowest BCUT2D eigenvalue weighted by molar-refractivity contribution is -0.143. The second-order valence-corrected chi connectivity index (χ2v) is 7.48. The average molecular weight is 407 g/mol. The maximum atomic E-state index is 12.0. The van der Waals surface area contributed by atoms with Crippen LogP contribution in [0.1, 0.15) is 27.2 Å². The molecule has 0 bridgehead atoms. The van der Waals surface area contributed by atoms with Crippen LogP contribution < -0.4 is 0 Å². The molecule has 0 radical (unpaired) electrons. The third-order valence-electron chi connectivity index (χ3n) is 3.14. The van der Waals surface area contributed by atoms with Gasteiger partial charge in [-0.15, -0.1) is 0 Å². The van der Waals surface area contributed by atoms with Crippen LogP contribution in [0.2, 0.25) is 0 Å². The Kier molecular flexibility index (Phi) is 4.18. The monoisotopic (exact) mass is 407 g/mol. The predicted octanol–water partition coefficient (Wildman–Crippen LogP) is 1.91. The van der Waals surface area contributed by atoms with Gasteiger partial charge < -0.3 is 14.7 Å². The van der Waals surface area contributed by atoms with E-state index in [0.717, 1.165) is 3.57 Å². The number of amides is 1. The largest absolute Gasteiger partial charge is 0.481 e. The Hall–Kier alpha value is -1.32. The molecule has 2 rings (SSSR count). The molecule has 0 unspecified atom stereocenters. The van der Waals surface area contributed by atoms with Gasteiger partial charge in [0.2, 0.25) is 0 Å². The lowest BCUT2D eigenvalue weighted by Gasteiger charge is -2.49. The Labute approximate surface area is 136 Å². The number of hydrogen-bond donors (Lipinski definition) is 1. The number of nitrogens with zero attached hydrogens (tertiary/aromatic N) is 3. The van der Waals surface area contributed by atoms with Crippen LogP contribution >= 0.6 is 22.6 Å². The fraction of sp³-hybridized carbons (Fsp3) is 0.615. The average Bonchev–Trinajstić information content (AvgIpc) is 2.66. The highest BCUT2D eigenvalue weighted by Gasteiger charge is 2.50. The maximum Gasteiger partial charge on any atom is 0.410 e. The molecular weight excluding hydrogens is 389 g/mol. The molecule has 0 spiro atoms. The summed E-state index contributed by atoms with van der Waals surface area (Å²) in [6.45, 7) is 5.96. The van der Waals surface area contributed by atoms with Crippen molar-refractivity contribution in [1.82, 2.24) is 14.7 Å². The first-order valence-electron chi connectivity index (χ1n) is 6.52. The fourth-order valence-corrected chi connectivity index (χ4v) is 2.69. The van der Waals surface area contributed by atoms with Gasteiger partial charge in [-0.1, -0.05) is 0 Å². The molecule has 116 valence electrons. The number of rotatable bonds is 3. The molecule has 21 heavy (non-hydrogen) atoms. The molecule has 1 aromatic rings. The molecule has 2 heterocycles. The highest BCUT2D eigenvalue weighted by molar-refractivity contribution is 14.1. The van der Waals surface area contributed by atoms with E-state index in [4.69, 9.17) is 9.84 Å². The van der Waals surface area contributed by atoms with E-state index in [-0.39, 0.29) is 19.5 Å². The minimum Gasteiger partial charge on any atom is -0.481 e. The van der Waals surface area contributed by atoms with Crippen molar-refractivity contribution in [2.24, 2.45) is 0 Å². The van der Waals surface area contributed by atoms with Crippen molar-refractivity contribution in [3.8, 4) is 0 Å². The number of aliphatic carboxylic acids is 1. The van der Waals surface area contributed by atoms with Crippen LogP contribution in [-0.2, 0) is 15.1 Å². The number of carboxylic acids is 1. The van der Waals surface area contributed by atoms with Crippen LogP contribution in [0.15, 0.2) is 12.4 Å². The number of halogens is 1. The summed E-state index contributed by atoms with van der Waals surface area (Å²) < 4.78 is 7.86.